The fourth-order valence-electron chi connectivity index (χ4n) is 1.60. The predicted octanol–water partition coefficient (Wildman–Crippen LogP) is 1.92. The minimum atomic E-state index is -4.65. The van der Waals surface area contributed by atoms with Crippen molar-refractivity contribution in [2.24, 2.45) is 17.9 Å². The highest BCUT2D eigenvalue weighted by molar-refractivity contribution is 5.97. The Morgan fingerprint density at radius 1 is 1.32 bits per heavy atom. The number of halogens is 3. The van der Waals surface area contributed by atoms with E-state index in [1.807, 2.05) is 0 Å². The van der Waals surface area contributed by atoms with Crippen molar-refractivity contribution in [3.63, 3.8) is 0 Å². The number of benzene rings is 1. The van der Waals surface area contributed by atoms with E-state index in [4.69, 9.17) is 5.73 Å². The Hall–Kier alpha value is -2.84. The van der Waals surface area contributed by atoms with Gasteiger partial charge in [0, 0.05) is 18.7 Å². The van der Waals surface area contributed by atoms with Crippen molar-refractivity contribution >= 4 is 11.8 Å². The van der Waals surface area contributed by atoms with Gasteiger partial charge in [-0.05, 0) is 0 Å². The second kappa shape index (κ2) is 5.88. The summed E-state index contributed by atoms with van der Waals surface area (Å²) in [5, 5.41) is 6.61. The summed E-state index contributed by atoms with van der Waals surface area (Å²) >= 11 is 0. The van der Waals surface area contributed by atoms with Crippen molar-refractivity contribution in [2.75, 3.05) is 0 Å². The molecule has 6 nitrogen and oxygen atoms in total. The number of amidine groups is 1. The van der Waals surface area contributed by atoms with Crippen LogP contribution in [0.25, 0.3) is 0 Å². The third kappa shape index (κ3) is 3.43. The van der Waals surface area contributed by atoms with E-state index in [1.165, 1.54) is 7.05 Å². The van der Waals surface area contributed by atoms with Crippen LogP contribution < -0.4 is 5.73 Å². The van der Waals surface area contributed by atoms with Gasteiger partial charge in [-0.3, -0.25) is 4.68 Å². The molecular formula is C13H11F3N4O2. The molecule has 0 spiro atoms. The van der Waals surface area contributed by atoms with Crippen LogP contribution in [0.1, 0.15) is 21.7 Å². The van der Waals surface area contributed by atoms with E-state index >= 15 is 0 Å². The summed E-state index contributed by atoms with van der Waals surface area (Å²) < 4.78 is 38.3. The Balaban J connectivity index is 2.15. The molecule has 1 heterocycles. The minimum absolute atomic E-state index is 0.0767. The van der Waals surface area contributed by atoms with Crippen LogP contribution in [0.15, 0.2) is 41.6 Å². The molecule has 22 heavy (non-hydrogen) atoms. The number of aromatic nitrogens is 2. The monoisotopic (exact) mass is 312 g/mol. The van der Waals surface area contributed by atoms with Crippen LogP contribution >= 0.6 is 0 Å². The lowest BCUT2D eigenvalue weighted by molar-refractivity contribution is -0.141. The average Bonchev–Trinajstić information content (AvgIpc) is 2.87. The molecule has 0 saturated carbocycles. The fourth-order valence-corrected chi connectivity index (χ4v) is 1.60. The van der Waals surface area contributed by atoms with Crippen LogP contribution in [-0.2, 0) is 18.1 Å². The highest BCUT2D eigenvalue weighted by Crippen LogP contribution is 2.28. The molecule has 0 aliphatic carbocycles. The van der Waals surface area contributed by atoms with Gasteiger partial charge in [0.1, 0.15) is 5.69 Å². The number of nitrogens with two attached hydrogens (primary N) is 1. The van der Waals surface area contributed by atoms with Gasteiger partial charge in [0.15, 0.2) is 11.5 Å². The molecule has 0 atom stereocenters. The van der Waals surface area contributed by atoms with Gasteiger partial charge in [0.05, 0.1) is 0 Å². The Kier molecular flexibility index (Phi) is 4.15. The standard InChI is InChI=1S/C13H11F3N4O2/c1-20-9(7-10(18-20)13(14,15)16)12(21)22-19-11(17)8-5-3-2-4-6-8/h2-7H,1H3,(H2,17,19). The zero-order valence-corrected chi connectivity index (χ0v) is 11.3. The van der Waals surface area contributed by atoms with Crippen LogP contribution in [0.5, 0.6) is 0 Å². The van der Waals surface area contributed by atoms with E-state index in [2.05, 4.69) is 15.1 Å². The second-order valence-electron chi connectivity index (χ2n) is 4.26. The quantitative estimate of drug-likeness (QED) is 0.406. The van der Waals surface area contributed by atoms with Crippen LogP contribution in [0, 0.1) is 0 Å². The average molecular weight is 312 g/mol. The van der Waals surface area contributed by atoms with Crippen molar-refractivity contribution in [3.8, 4) is 0 Å². The molecule has 2 aromatic rings. The molecule has 1 aromatic carbocycles. The van der Waals surface area contributed by atoms with Crippen LogP contribution in [0.3, 0.4) is 0 Å². The topological polar surface area (TPSA) is 82.5 Å². The van der Waals surface area contributed by atoms with Crippen LogP contribution in [0.4, 0.5) is 13.2 Å². The van der Waals surface area contributed by atoms with Gasteiger partial charge in [-0.25, -0.2) is 4.79 Å². The number of carbonyl (C=O) groups excluding carboxylic acids is 1. The van der Waals surface area contributed by atoms with E-state index in [0.29, 0.717) is 11.6 Å². The first kappa shape index (κ1) is 15.5. The highest BCUT2D eigenvalue weighted by atomic mass is 19.4. The predicted molar refractivity (Wildman–Crippen MR) is 70.8 cm³/mol. The van der Waals surface area contributed by atoms with Crippen molar-refractivity contribution in [1.82, 2.24) is 9.78 Å². The Morgan fingerprint density at radius 2 is 1.95 bits per heavy atom. The van der Waals surface area contributed by atoms with Crippen molar-refractivity contribution in [3.05, 3.63) is 53.3 Å². The number of hydrogen-bond donors (Lipinski definition) is 1. The summed E-state index contributed by atoms with van der Waals surface area (Å²) in [6.07, 6.45) is -4.65. The number of alkyl halides is 3. The van der Waals surface area contributed by atoms with E-state index in [9.17, 15) is 18.0 Å². The number of carbonyl (C=O) groups is 1. The normalized spacial score (nSPS) is 12.3. The van der Waals surface area contributed by atoms with E-state index in [1.54, 1.807) is 30.3 Å². The van der Waals surface area contributed by atoms with Gasteiger partial charge < -0.3 is 10.6 Å². The summed E-state index contributed by atoms with van der Waals surface area (Å²) in [7, 11) is 1.19. The van der Waals surface area contributed by atoms with E-state index in [-0.39, 0.29) is 5.84 Å². The molecule has 0 bridgehead atoms. The van der Waals surface area contributed by atoms with Crippen molar-refractivity contribution < 1.29 is 22.8 Å². The Morgan fingerprint density at radius 3 is 2.50 bits per heavy atom. The first-order valence-electron chi connectivity index (χ1n) is 6.00. The zero-order chi connectivity index (χ0) is 16.3. The van der Waals surface area contributed by atoms with Crippen molar-refractivity contribution in [2.45, 2.75) is 6.18 Å². The smallest absolute Gasteiger partial charge is 0.380 e. The molecule has 116 valence electrons. The molecule has 9 heteroatoms. The third-order valence-corrected chi connectivity index (χ3v) is 2.68. The Labute approximate surface area is 123 Å². The number of oxime groups is 1. The number of aryl methyl sites for hydroxylation is 1. The largest absolute Gasteiger partial charge is 0.435 e. The molecule has 0 saturated heterocycles. The molecular weight excluding hydrogens is 301 g/mol. The van der Waals surface area contributed by atoms with Crippen LogP contribution in [-0.4, -0.2) is 21.6 Å². The van der Waals surface area contributed by atoms with Gasteiger partial charge in [0.2, 0.25) is 0 Å². The minimum Gasteiger partial charge on any atom is -0.380 e. The molecule has 0 fully saturated rings. The summed E-state index contributed by atoms with van der Waals surface area (Å²) in [6, 6.07) is 9.02. The zero-order valence-electron chi connectivity index (χ0n) is 11.3. The third-order valence-electron chi connectivity index (χ3n) is 2.68. The number of rotatable bonds is 3. The van der Waals surface area contributed by atoms with Crippen LogP contribution in [0.2, 0.25) is 0 Å². The lowest BCUT2D eigenvalue weighted by Crippen LogP contribution is -2.16. The molecule has 0 radical (unpaired) electrons. The molecule has 0 aliphatic heterocycles. The highest BCUT2D eigenvalue weighted by Gasteiger charge is 2.35. The maximum absolute atomic E-state index is 12.5. The molecule has 2 rings (SSSR count). The van der Waals surface area contributed by atoms with Gasteiger partial charge >= 0.3 is 12.1 Å². The molecule has 0 amide bonds. The van der Waals surface area contributed by atoms with Gasteiger partial charge in [-0.1, -0.05) is 35.5 Å². The molecule has 2 N–H and O–H groups in total. The van der Waals surface area contributed by atoms with Gasteiger partial charge in [-0.15, -0.1) is 0 Å². The number of nitrogens with zero attached hydrogens (tertiary/aromatic N) is 3. The summed E-state index contributed by atoms with van der Waals surface area (Å²) in [6.45, 7) is 0. The first-order chi connectivity index (χ1) is 10.3. The second-order valence-corrected chi connectivity index (χ2v) is 4.26. The number of hydrogen-bond acceptors (Lipinski definition) is 4. The van der Waals surface area contributed by atoms with Gasteiger partial charge in [-0.2, -0.15) is 18.3 Å². The molecule has 1 aromatic heterocycles. The molecule has 0 unspecified atom stereocenters. The Bertz CT molecular complexity index is 708. The maximum atomic E-state index is 12.5. The van der Waals surface area contributed by atoms with E-state index < -0.39 is 23.5 Å². The lowest BCUT2D eigenvalue weighted by atomic mass is 10.2. The van der Waals surface area contributed by atoms with E-state index in [0.717, 1.165) is 4.68 Å². The summed E-state index contributed by atoms with van der Waals surface area (Å²) in [5.74, 6) is -1.17. The lowest BCUT2D eigenvalue weighted by Gasteiger charge is -2.01. The molecule has 0 aliphatic rings. The van der Waals surface area contributed by atoms with Gasteiger partial charge in [0.25, 0.3) is 0 Å². The van der Waals surface area contributed by atoms with Crippen molar-refractivity contribution in [1.29, 1.82) is 0 Å². The fraction of sp³-hybridized carbons (Fsp3) is 0.154. The summed E-state index contributed by atoms with van der Waals surface area (Å²) in [5.41, 5.74) is 4.53. The maximum Gasteiger partial charge on any atom is 0.435 e. The SMILES string of the molecule is Cn1nc(C(F)(F)F)cc1C(=O)O/N=C(\N)c1ccccc1. The first-order valence-corrected chi connectivity index (χ1v) is 6.00. The summed E-state index contributed by atoms with van der Waals surface area (Å²) in [4.78, 5) is 16.3.